The number of hydrogen-bond acceptors (Lipinski definition) is 4. The van der Waals surface area contributed by atoms with E-state index < -0.39 is 8.84 Å². The zero-order valence-corrected chi connectivity index (χ0v) is 19.7. The third kappa shape index (κ3) is 7.06. The summed E-state index contributed by atoms with van der Waals surface area (Å²) in [5.74, 6) is -0.501. The fraction of sp³-hybridized carbons (Fsp3) is 0.900. The second-order valence-electron chi connectivity index (χ2n) is 9.01. The normalized spacial score (nSPS) is 15.4. The average molecular weight is 468 g/mol. The molecule has 0 heterocycles. The quantitative estimate of drug-likeness (QED) is 0.183. The largest absolute Gasteiger partial charge is 0.462 e. The molecule has 1 atom stereocenters. The molecule has 4 nitrogen and oxygen atoms in total. The van der Waals surface area contributed by atoms with Gasteiger partial charge < -0.3 is 9.47 Å². The lowest BCUT2D eigenvalue weighted by molar-refractivity contribution is -0.169. The van der Waals surface area contributed by atoms with Crippen molar-refractivity contribution in [2.45, 2.75) is 85.0 Å². The molecule has 1 unspecified atom stereocenters. The minimum Gasteiger partial charge on any atom is -0.462 e. The Hall–Kier alpha value is -0.330. The Kier molecular flexibility index (Phi) is 8.93. The zero-order valence-electron chi connectivity index (χ0n) is 17.5. The second kappa shape index (κ2) is 9.05. The summed E-state index contributed by atoms with van der Waals surface area (Å²) in [7, 11) is 0. The van der Waals surface area contributed by atoms with E-state index in [-0.39, 0.29) is 36.0 Å². The molecule has 0 N–H and O–H groups in total. The highest BCUT2D eigenvalue weighted by Crippen LogP contribution is 2.50. The number of rotatable bonds is 10. The summed E-state index contributed by atoms with van der Waals surface area (Å²) in [6, 6.07) is 0. The molecule has 0 aliphatic carbocycles. The van der Waals surface area contributed by atoms with Crippen molar-refractivity contribution in [3.8, 4) is 0 Å². The van der Waals surface area contributed by atoms with E-state index in [4.69, 9.17) is 9.47 Å². The number of esters is 2. The maximum absolute atomic E-state index is 12.9. The van der Waals surface area contributed by atoms with E-state index >= 15 is 0 Å². The number of alkyl halides is 1. The van der Waals surface area contributed by atoms with E-state index in [1.54, 1.807) is 13.8 Å². The third-order valence-corrected chi connectivity index (χ3v) is 6.09. The standard InChI is InChI=1S/C20H37IO4/c1-10-17(3,4)14-20(9,18(5,6)11-2)16(23)25-13-12-24-15(22)19(7,8)21/h10-14H2,1-9H3. The van der Waals surface area contributed by atoms with Crippen LogP contribution < -0.4 is 0 Å². The average Bonchev–Trinajstić information content (AvgIpc) is 2.49. The van der Waals surface area contributed by atoms with Crippen LogP contribution in [0.1, 0.15) is 81.6 Å². The fourth-order valence-electron chi connectivity index (χ4n) is 2.66. The van der Waals surface area contributed by atoms with Gasteiger partial charge in [-0.2, -0.15) is 0 Å². The molecular weight excluding hydrogens is 431 g/mol. The molecule has 0 aliphatic rings. The molecule has 0 spiro atoms. The molecule has 0 bridgehead atoms. The molecule has 0 aromatic heterocycles. The SMILES string of the molecule is CCC(C)(C)CC(C)(C(=O)OCCOC(=O)C(C)(C)I)C(C)(C)CC. The molecule has 0 radical (unpaired) electrons. The molecule has 25 heavy (non-hydrogen) atoms. The van der Waals surface area contributed by atoms with Crippen LogP contribution in [0, 0.1) is 16.2 Å². The summed E-state index contributed by atoms with van der Waals surface area (Å²) in [5, 5.41) is 0. The Balaban J connectivity index is 5.00. The Morgan fingerprint density at radius 2 is 1.24 bits per heavy atom. The summed E-state index contributed by atoms with van der Waals surface area (Å²) in [5.41, 5.74) is -0.719. The first-order chi connectivity index (χ1) is 11.1. The molecule has 0 aromatic carbocycles. The van der Waals surface area contributed by atoms with Gasteiger partial charge in [0.2, 0.25) is 0 Å². The van der Waals surface area contributed by atoms with Crippen LogP contribution in [0.5, 0.6) is 0 Å². The first kappa shape index (κ1) is 24.7. The number of carbonyl (C=O) groups is 2. The molecule has 5 heteroatoms. The number of carbonyl (C=O) groups excluding carboxylic acids is 2. The van der Waals surface area contributed by atoms with Crippen molar-refractivity contribution in [1.82, 2.24) is 0 Å². The highest BCUT2D eigenvalue weighted by atomic mass is 127. The Labute approximate surface area is 167 Å². The number of halogens is 1. The van der Waals surface area contributed by atoms with Gasteiger partial charge in [0.15, 0.2) is 0 Å². The van der Waals surface area contributed by atoms with E-state index in [1.165, 1.54) is 0 Å². The highest BCUT2D eigenvalue weighted by molar-refractivity contribution is 14.1. The van der Waals surface area contributed by atoms with Gasteiger partial charge in [-0.25, -0.2) is 0 Å². The van der Waals surface area contributed by atoms with Crippen molar-refractivity contribution in [2.24, 2.45) is 16.2 Å². The monoisotopic (exact) mass is 468 g/mol. The van der Waals surface area contributed by atoms with Crippen LogP contribution in [0.25, 0.3) is 0 Å². The molecule has 0 saturated carbocycles. The summed E-state index contributed by atoms with van der Waals surface area (Å²) in [6.45, 7) is 18.7. The predicted molar refractivity (Wildman–Crippen MR) is 111 cm³/mol. The van der Waals surface area contributed by atoms with Gasteiger partial charge in [0.05, 0.1) is 5.41 Å². The molecule has 0 saturated heterocycles. The van der Waals surface area contributed by atoms with Gasteiger partial charge in [0, 0.05) is 0 Å². The van der Waals surface area contributed by atoms with Gasteiger partial charge in [0.1, 0.15) is 16.6 Å². The van der Waals surface area contributed by atoms with E-state index in [1.807, 2.05) is 29.5 Å². The van der Waals surface area contributed by atoms with E-state index in [2.05, 4.69) is 41.5 Å². The highest BCUT2D eigenvalue weighted by Gasteiger charge is 2.49. The van der Waals surface area contributed by atoms with E-state index in [0.717, 1.165) is 19.3 Å². The summed E-state index contributed by atoms with van der Waals surface area (Å²) >= 11 is 2.03. The van der Waals surface area contributed by atoms with Crippen molar-refractivity contribution in [2.75, 3.05) is 13.2 Å². The van der Waals surface area contributed by atoms with Crippen LogP contribution in [0.3, 0.4) is 0 Å². The summed E-state index contributed by atoms with van der Waals surface area (Å²) in [6.07, 6.45) is 2.64. The number of ether oxygens (including phenoxy) is 2. The smallest absolute Gasteiger partial charge is 0.321 e. The third-order valence-electron chi connectivity index (χ3n) is 5.65. The summed E-state index contributed by atoms with van der Waals surface area (Å²) < 4.78 is 10.1. The van der Waals surface area contributed by atoms with Crippen LogP contribution in [0.4, 0.5) is 0 Å². The predicted octanol–water partition coefficient (Wildman–Crippen LogP) is 5.56. The first-order valence-electron chi connectivity index (χ1n) is 9.16. The van der Waals surface area contributed by atoms with Crippen molar-refractivity contribution >= 4 is 34.5 Å². The lowest BCUT2D eigenvalue weighted by atomic mass is 9.58. The number of hydrogen-bond donors (Lipinski definition) is 0. The van der Waals surface area contributed by atoms with E-state index in [9.17, 15) is 9.59 Å². The second-order valence-corrected chi connectivity index (χ2v) is 11.7. The summed E-state index contributed by atoms with van der Waals surface area (Å²) in [4.78, 5) is 24.7. The lowest BCUT2D eigenvalue weighted by Crippen LogP contribution is -2.46. The van der Waals surface area contributed by atoms with Gasteiger partial charge >= 0.3 is 11.9 Å². The minimum atomic E-state index is -0.589. The van der Waals surface area contributed by atoms with Crippen molar-refractivity contribution in [3.05, 3.63) is 0 Å². The van der Waals surface area contributed by atoms with Gasteiger partial charge in [0.25, 0.3) is 0 Å². The topological polar surface area (TPSA) is 52.6 Å². The maximum atomic E-state index is 12.9. The first-order valence-corrected chi connectivity index (χ1v) is 10.2. The zero-order chi connectivity index (χ0) is 20.1. The maximum Gasteiger partial charge on any atom is 0.321 e. The molecule has 0 rings (SSSR count). The molecule has 0 amide bonds. The van der Waals surface area contributed by atoms with Crippen LogP contribution in [-0.2, 0) is 19.1 Å². The van der Waals surface area contributed by atoms with Crippen molar-refractivity contribution in [3.63, 3.8) is 0 Å². The van der Waals surface area contributed by atoms with Crippen LogP contribution in [0.2, 0.25) is 0 Å². The molecule has 0 fully saturated rings. The molecule has 0 aliphatic heterocycles. The van der Waals surface area contributed by atoms with Gasteiger partial charge in [-0.15, -0.1) is 0 Å². The van der Waals surface area contributed by atoms with E-state index in [0.29, 0.717) is 0 Å². The fourth-order valence-corrected chi connectivity index (χ4v) is 2.82. The van der Waals surface area contributed by atoms with Gasteiger partial charge in [-0.3, -0.25) is 9.59 Å². The Morgan fingerprint density at radius 3 is 1.60 bits per heavy atom. The van der Waals surface area contributed by atoms with Crippen LogP contribution in [0.15, 0.2) is 0 Å². The van der Waals surface area contributed by atoms with Gasteiger partial charge in [-0.1, -0.05) is 70.6 Å². The van der Waals surface area contributed by atoms with Crippen molar-refractivity contribution in [1.29, 1.82) is 0 Å². The Morgan fingerprint density at radius 1 is 0.800 bits per heavy atom. The molecule has 148 valence electrons. The molecule has 0 aromatic rings. The minimum absolute atomic E-state index is 0.0535. The van der Waals surface area contributed by atoms with Crippen LogP contribution >= 0.6 is 22.6 Å². The van der Waals surface area contributed by atoms with Gasteiger partial charge in [-0.05, 0) is 44.4 Å². The molecular formula is C20H37IO4. The Bertz CT molecular complexity index is 463. The van der Waals surface area contributed by atoms with Crippen LogP contribution in [-0.4, -0.2) is 28.6 Å². The van der Waals surface area contributed by atoms with Crippen molar-refractivity contribution < 1.29 is 19.1 Å². The lowest BCUT2D eigenvalue weighted by Gasteiger charge is -2.45.